The summed E-state index contributed by atoms with van der Waals surface area (Å²) in [7, 11) is 1.63. The van der Waals surface area contributed by atoms with Gasteiger partial charge in [0.25, 0.3) is 0 Å². The third kappa shape index (κ3) is 4.06. The maximum atomic E-state index is 5.27. The summed E-state index contributed by atoms with van der Waals surface area (Å²) in [6, 6.07) is 0. The Hall–Kier alpha value is -0.880. The molecule has 1 saturated heterocycles. The maximum Gasteiger partial charge on any atom is 0.232 e. The van der Waals surface area contributed by atoms with Gasteiger partial charge in [-0.1, -0.05) is 6.92 Å². The van der Waals surface area contributed by atoms with Crippen LogP contribution in [0, 0.1) is 5.92 Å². The molecule has 6 heteroatoms. The van der Waals surface area contributed by atoms with Gasteiger partial charge < -0.3 is 15.0 Å². The first-order chi connectivity index (χ1) is 9.74. The SMILES string of the molecule is CCCN(CC1CCNCC1)c1ncc(Br)c(OC)n1. The highest BCUT2D eigenvalue weighted by molar-refractivity contribution is 9.10. The number of hydrogen-bond donors (Lipinski definition) is 1. The van der Waals surface area contributed by atoms with Crippen molar-refractivity contribution in [1.29, 1.82) is 0 Å². The highest BCUT2D eigenvalue weighted by atomic mass is 79.9. The van der Waals surface area contributed by atoms with Gasteiger partial charge in [-0.2, -0.15) is 4.98 Å². The molecule has 1 aliphatic rings. The van der Waals surface area contributed by atoms with Gasteiger partial charge in [0.1, 0.15) is 0 Å². The Morgan fingerprint density at radius 2 is 2.20 bits per heavy atom. The van der Waals surface area contributed by atoms with E-state index in [-0.39, 0.29) is 0 Å². The number of aromatic nitrogens is 2. The van der Waals surface area contributed by atoms with Gasteiger partial charge >= 0.3 is 0 Å². The van der Waals surface area contributed by atoms with Crippen LogP contribution >= 0.6 is 15.9 Å². The van der Waals surface area contributed by atoms with Crippen LogP contribution in [0.15, 0.2) is 10.7 Å². The maximum absolute atomic E-state index is 5.27. The second-order valence-corrected chi connectivity index (χ2v) is 6.02. The zero-order valence-electron chi connectivity index (χ0n) is 12.2. The van der Waals surface area contributed by atoms with E-state index in [0.29, 0.717) is 5.88 Å². The monoisotopic (exact) mass is 342 g/mol. The predicted molar refractivity (Wildman–Crippen MR) is 84.4 cm³/mol. The molecule has 2 rings (SSSR count). The van der Waals surface area contributed by atoms with Crippen LogP contribution in [0.25, 0.3) is 0 Å². The smallest absolute Gasteiger partial charge is 0.232 e. The summed E-state index contributed by atoms with van der Waals surface area (Å²) < 4.78 is 6.06. The summed E-state index contributed by atoms with van der Waals surface area (Å²) in [5, 5.41) is 3.41. The summed E-state index contributed by atoms with van der Waals surface area (Å²) >= 11 is 3.40. The minimum Gasteiger partial charge on any atom is -0.480 e. The van der Waals surface area contributed by atoms with Gasteiger partial charge in [0.15, 0.2) is 0 Å². The van der Waals surface area contributed by atoms with Gasteiger partial charge in [0, 0.05) is 13.1 Å². The molecule has 1 aliphatic heterocycles. The zero-order chi connectivity index (χ0) is 14.4. The molecule has 1 fully saturated rings. The Labute approximate surface area is 129 Å². The fraction of sp³-hybridized carbons (Fsp3) is 0.714. The highest BCUT2D eigenvalue weighted by Crippen LogP contribution is 2.24. The van der Waals surface area contributed by atoms with E-state index in [0.717, 1.165) is 48.9 Å². The largest absolute Gasteiger partial charge is 0.480 e. The first-order valence-electron chi connectivity index (χ1n) is 7.26. The number of rotatable bonds is 6. The van der Waals surface area contributed by atoms with E-state index in [9.17, 15) is 0 Å². The highest BCUT2D eigenvalue weighted by Gasteiger charge is 2.19. The van der Waals surface area contributed by atoms with Crippen LogP contribution in [0.2, 0.25) is 0 Å². The van der Waals surface area contributed by atoms with Gasteiger partial charge in [0.2, 0.25) is 11.8 Å². The number of halogens is 1. The number of piperidine rings is 1. The Bertz CT molecular complexity index is 424. The molecule has 0 aliphatic carbocycles. The molecule has 0 radical (unpaired) electrons. The molecule has 0 amide bonds. The van der Waals surface area contributed by atoms with Crippen molar-refractivity contribution in [3.8, 4) is 5.88 Å². The normalized spacial score (nSPS) is 16.1. The van der Waals surface area contributed by atoms with Gasteiger partial charge in [-0.25, -0.2) is 4.98 Å². The Morgan fingerprint density at radius 1 is 1.45 bits per heavy atom. The van der Waals surface area contributed by atoms with E-state index in [1.165, 1.54) is 12.8 Å². The van der Waals surface area contributed by atoms with Crippen LogP contribution in [0.4, 0.5) is 5.95 Å². The summed E-state index contributed by atoms with van der Waals surface area (Å²) in [5.41, 5.74) is 0. The number of nitrogens with one attached hydrogen (secondary N) is 1. The van der Waals surface area contributed by atoms with Crippen molar-refractivity contribution in [1.82, 2.24) is 15.3 Å². The van der Waals surface area contributed by atoms with Gasteiger partial charge in [-0.15, -0.1) is 0 Å². The molecule has 0 atom stereocenters. The van der Waals surface area contributed by atoms with Crippen LogP contribution < -0.4 is 15.0 Å². The number of ether oxygens (including phenoxy) is 1. The lowest BCUT2D eigenvalue weighted by Gasteiger charge is -2.30. The third-order valence-electron chi connectivity index (χ3n) is 3.61. The van der Waals surface area contributed by atoms with Crippen LogP contribution in [0.1, 0.15) is 26.2 Å². The van der Waals surface area contributed by atoms with Gasteiger partial charge in [0.05, 0.1) is 17.8 Å². The van der Waals surface area contributed by atoms with E-state index >= 15 is 0 Å². The van der Waals surface area contributed by atoms with Crippen molar-refractivity contribution >= 4 is 21.9 Å². The minimum absolute atomic E-state index is 0.599. The number of nitrogens with zero attached hydrogens (tertiary/aromatic N) is 3. The topological polar surface area (TPSA) is 50.3 Å². The molecule has 0 unspecified atom stereocenters. The first kappa shape index (κ1) is 15.5. The molecule has 20 heavy (non-hydrogen) atoms. The van der Waals surface area contributed by atoms with Crippen molar-refractivity contribution < 1.29 is 4.74 Å². The van der Waals surface area contributed by atoms with E-state index in [1.54, 1.807) is 13.3 Å². The summed E-state index contributed by atoms with van der Waals surface area (Å²) in [4.78, 5) is 11.2. The van der Waals surface area contributed by atoms with E-state index in [4.69, 9.17) is 4.74 Å². The van der Waals surface area contributed by atoms with Crippen molar-refractivity contribution in [2.75, 3.05) is 38.2 Å². The lowest BCUT2D eigenvalue weighted by molar-refractivity contribution is 0.369. The molecule has 0 saturated carbocycles. The third-order valence-corrected chi connectivity index (χ3v) is 4.15. The molecule has 1 aromatic heterocycles. The molecule has 0 aromatic carbocycles. The first-order valence-corrected chi connectivity index (χ1v) is 8.06. The van der Waals surface area contributed by atoms with Crippen molar-refractivity contribution in [3.05, 3.63) is 10.7 Å². The quantitative estimate of drug-likeness (QED) is 0.860. The van der Waals surface area contributed by atoms with Crippen molar-refractivity contribution in [2.24, 2.45) is 5.92 Å². The van der Waals surface area contributed by atoms with Crippen LogP contribution in [0.5, 0.6) is 5.88 Å². The second kappa shape index (κ2) is 7.78. The Morgan fingerprint density at radius 3 is 2.85 bits per heavy atom. The molecule has 0 spiro atoms. The zero-order valence-corrected chi connectivity index (χ0v) is 13.8. The molecular formula is C14H23BrN4O. The second-order valence-electron chi connectivity index (χ2n) is 5.17. The average molecular weight is 343 g/mol. The summed E-state index contributed by atoms with van der Waals surface area (Å²) in [6.07, 6.45) is 5.32. The summed E-state index contributed by atoms with van der Waals surface area (Å²) in [5.74, 6) is 2.09. The standard InChI is InChI=1S/C14H23BrN4O/c1-3-8-19(10-11-4-6-16-7-5-11)14-17-9-12(15)13(18-14)20-2/h9,11,16H,3-8,10H2,1-2H3. The fourth-order valence-corrected chi connectivity index (χ4v) is 2.91. The average Bonchev–Trinajstić information content (AvgIpc) is 2.48. The van der Waals surface area contributed by atoms with Crippen LogP contribution in [-0.4, -0.2) is 43.3 Å². The fourth-order valence-electron chi connectivity index (χ4n) is 2.56. The summed E-state index contributed by atoms with van der Waals surface area (Å²) in [6.45, 7) is 6.44. The number of anilines is 1. The van der Waals surface area contributed by atoms with E-state index in [1.807, 2.05) is 0 Å². The molecule has 5 nitrogen and oxygen atoms in total. The minimum atomic E-state index is 0.599. The van der Waals surface area contributed by atoms with Gasteiger partial charge in [-0.3, -0.25) is 0 Å². The van der Waals surface area contributed by atoms with Crippen LogP contribution in [-0.2, 0) is 0 Å². The van der Waals surface area contributed by atoms with E-state index in [2.05, 4.69) is 43.0 Å². The van der Waals surface area contributed by atoms with E-state index < -0.39 is 0 Å². The lowest BCUT2D eigenvalue weighted by atomic mass is 9.97. The van der Waals surface area contributed by atoms with Gasteiger partial charge in [-0.05, 0) is 54.2 Å². The molecule has 2 heterocycles. The van der Waals surface area contributed by atoms with Crippen LogP contribution in [0.3, 0.4) is 0 Å². The van der Waals surface area contributed by atoms with Crippen molar-refractivity contribution in [3.63, 3.8) is 0 Å². The predicted octanol–water partition coefficient (Wildman–Crippen LogP) is 2.46. The number of methoxy groups -OCH3 is 1. The number of hydrogen-bond acceptors (Lipinski definition) is 5. The Balaban J connectivity index is 2.10. The van der Waals surface area contributed by atoms with Crippen molar-refractivity contribution in [2.45, 2.75) is 26.2 Å². The molecular weight excluding hydrogens is 320 g/mol. The molecule has 0 bridgehead atoms. The molecule has 1 N–H and O–H groups in total. The molecule has 112 valence electrons. The Kier molecular flexibility index (Phi) is 6.04. The molecule has 1 aromatic rings. The lowest BCUT2D eigenvalue weighted by Crippen LogP contribution is -2.37.